The summed E-state index contributed by atoms with van der Waals surface area (Å²) in [7, 11) is 4.31. The Morgan fingerprint density at radius 1 is 1.29 bits per heavy atom. The summed E-state index contributed by atoms with van der Waals surface area (Å²) in [5.74, 6) is 2.35. The van der Waals surface area contributed by atoms with Crippen molar-refractivity contribution in [3.05, 3.63) is 0 Å². The number of hydrogen-bond acceptors (Lipinski definition) is 3. The normalized spacial score (nSPS) is 20.1. The fourth-order valence-corrected chi connectivity index (χ4v) is 2.62. The van der Waals surface area contributed by atoms with Crippen LogP contribution in [0.4, 0.5) is 0 Å². The van der Waals surface area contributed by atoms with Gasteiger partial charge in [-0.05, 0) is 51.2 Å². The third-order valence-corrected chi connectivity index (χ3v) is 3.87. The molecule has 1 saturated heterocycles. The van der Waals surface area contributed by atoms with E-state index in [-0.39, 0.29) is 0 Å². The zero-order chi connectivity index (χ0) is 12.7. The van der Waals surface area contributed by atoms with Crippen LogP contribution in [0.1, 0.15) is 26.7 Å². The van der Waals surface area contributed by atoms with Gasteiger partial charge in [0.05, 0.1) is 0 Å². The molecular weight excluding hydrogens is 212 g/mol. The summed E-state index contributed by atoms with van der Waals surface area (Å²) < 4.78 is 5.41. The molecule has 1 atom stereocenters. The molecule has 0 saturated carbocycles. The summed E-state index contributed by atoms with van der Waals surface area (Å²) in [6.45, 7) is 10.1. The molecule has 0 amide bonds. The Kier molecular flexibility index (Phi) is 7.09. The first-order valence-electron chi connectivity index (χ1n) is 7.04. The maximum Gasteiger partial charge on any atom is 0.0469 e. The van der Waals surface area contributed by atoms with Crippen LogP contribution in [0.25, 0.3) is 0 Å². The van der Waals surface area contributed by atoms with Crippen molar-refractivity contribution in [3.63, 3.8) is 0 Å². The average molecular weight is 242 g/mol. The minimum absolute atomic E-state index is 0.750. The molecule has 0 aromatic rings. The van der Waals surface area contributed by atoms with Crippen LogP contribution in [0.3, 0.4) is 0 Å². The lowest BCUT2D eigenvalue weighted by Gasteiger charge is -2.31. The molecule has 1 rings (SSSR count). The van der Waals surface area contributed by atoms with Gasteiger partial charge in [-0.15, -0.1) is 0 Å². The zero-order valence-electron chi connectivity index (χ0n) is 12.0. The van der Waals surface area contributed by atoms with Crippen LogP contribution in [-0.4, -0.2) is 51.8 Å². The van der Waals surface area contributed by atoms with E-state index < -0.39 is 0 Å². The molecule has 0 spiro atoms. The Hall–Kier alpha value is -0.120. The summed E-state index contributed by atoms with van der Waals surface area (Å²) in [5.41, 5.74) is 0. The van der Waals surface area contributed by atoms with Crippen LogP contribution in [0.15, 0.2) is 0 Å². The molecule has 102 valence electrons. The molecule has 1 fully saturated rings. The van der Waals surface area contributed by atoms with Gasteiger partial charge in [-0.2, -0.15) is 0 Å². The summed E-state index contributed by atoms with van der Waals surface area (Å²) in [5, 5.41) is 3.31. The molecule has 3 heteroatoms. The first kappa shape index (κ1) is 14.9. The maximum atomic E-state index is 5.41. The fraction of sp³-hybridized carbons (Fsp3) is 1.00. The quantitative estimate of drug-likeness (QED) is 0.737. The monoisotopic (exact) mass is 242 g/mol. The van der Waals surface area contributed by atoms with Crippen LogP contribution < -0.4 is 5.32 Å². The Balaban J connectivity index is 2.27. The second-order valence-corrected chi connectivity index (χ2v) is 5.84. The van der Waals surface area contributed by atoms with E-state index in [9.17, 15) is 0 Å². The Labute approximate surface area is 107 Å². The predicted molar refractivity (Wildman–Crippen MR) is 73.3 cm³/mol. The van der Waals surface area contributed by atoms with Crippen LogP contribution in [-0.2, 0) is 4.74 Å². The molecule has 0 aromatic carbocycles. The van der Waals surface area contributed by atoms with Crippen molar-refractivity contribution in [2.45, 2.75) is 26.7 Å². The highest BCUT2D eigenvalue weighted by Crippen LogP contribution is 2.17. The van der Waals surface area contributed by atoms with Gasteiger partial charge in [-0.25, -0.2) is 0 Å². The number of rotatable bonds is 7. The average Bonchev–Trinajstić information content (AvgIpc) is 2.29. The number of hydrogen-bond donors (Lipinski definition) is 1. The third-order valence-electron chi connectivity index (χ3n) is 3.87. The molecule has 1 N–H and O–H groups in total. The molecular formula is C14H30N2O. The Bertz CT molecular complexity index is 191. The first-order chi connectivity index (χ1) is 8.13. The van der Waals surface area contributed by atoms with Crippen molar-refractivity contribution in [3.8, 4) is 0 Å². The van der Waals surface area contributed by atoms with Crippen molar-refractivity contribution in [2.75, 3.05) is 46.9 Å². The van der Waals surface area contributed by atoms with E-state index in [0.717, 1.165) is 37.5 Å². The lowest BCUT2D eigenvalue weighted by Crippen LogP contribution is -2.37. The summed E-state index contributed by atoms with van der Waals surface area (Å²) in [6.07, 6.45) is 2.48. The third kappa shape index (κ3) is 5.84. The second-order valence-electron chi connectivity index (χ2n) is 5.84. The SMILES string of the molecule is CNCC(CN(C)CC1CCOCC1)C(C)C. The molecule has 0 aliphatic carbocycles. The second kappa shape index (κ2) is 8.06. The molecule has 1 unspecified atom stereocenters. The van der Waals surface area contributed by atoms with Crippen LogP contribution in [0, 0.1) is 17.8 Å². The highest BCUT2D eigenvalue weighted by molar-refractivity contribution is 4.72. The lowest BCUT2D eigenvalue weighted by atomic mass is 9.94. The molecule has 1 heterocycles. The molecule has 1 aliphatic heterocycles. The molecule has 0 bridgehead atoms. The van der Waals surface area contributed by atoms with Crippen molar-refractivity contribution in [1.82, 2.24) is 10.2 Å². The standard InChI is InChI=1S/C14H30N2O/c1-12(2)14(9-15-3)11-16(4)10-13-5-7-17-8-6-13/h12-15H,5-11H2,1-4H3. The zero-order valence-corrected chi connectivity index (χ0v) is 12.0. The van der Waals surface area contributed by atoms with E-state index in [4.69, 9.17) is 4.74 Å². The van der Waals surface area contributed by atoms with Crippen molar-refractivity contribution < 1.29 is 4.74 Å². The fourth-order valence-electron chi connectivity index (χ4n) is 2.62. The summed E-state index contributed by atoms with van der Waals surface area (Å²) in [6, 6.07) is 0. The van der Waals surface area contributed by atoms with E-state index in [2.05, 4.69) is 31.1 Å². The van der Waals surface area contributed by atoms with Crippen molar-refractivity contribution in [2.24, 2.45) is 17.8 Å². The van der Waals surface area contributed by atoms with E-state index >= 15 is 0 Å². The van der Waals surface area contributed by atoms with Crippen LogP contribution in [0.5, 0.6) is 0 Å². The predicted octanol–water partition coefficient (Wildman–Crippen LogP) is 1.84. The van der Waals surface area contributed by atoms with Gasteiger partial charge in [0.25, 0.3) is 0 Å². The number of nitrogens with one attached hydrogen (secondary N) is 1. The van der Waals surface area contributed by atoms with Gasteiger partial charge in [0.2, 0.25) is 0 Å². The minimum atomic E-state index is 0.750. The molecule has 17 heavy (non-hydrogen) atoms. The maximum absolute atomic E-state index is 5.41. The highest BCUT2D eigenvalue weighted by Gasteiger charge is 2.19. The molecule has 0 aromatic heterocycles. The van der Waals surface area contributed by atoms with Gasteiger partial charge in [-0.3, -0.25) is 0 Å². The van der Waals surface area contributed by atoms with Gasteiger partial charge >= 0.3 is 0 Å². The van der Waals surface area contributed by atoms with E-state index in [1.807, 2.05) is 7.05 Å². The van der Waals surface area contributed by atoms with Gasteiger partial charge in [0.1, 0.15) is 0 Å². The number of ether oxygens (including phenoxy) is 1. The largest absolute Gasteiger partial charge is 0.381 e. The molecule has 3 nitrogen and oxygen atoms in total. The van der Waals surface area contributed by atoms with E-state index in [1.54, 1.807) is 0 Å². The molecule has 0 radical (unpaired) electrons. The van der Waals surface area contributed by atoms with Gasteiger partial charge in [0, 0.05) is 26.3 Å². The molecule has 1 aliphatic rings. The minimum Gasteiger partial charge on any atom is -0.381 e. The Morgan fingerprint density at radius 3 is 2.47 bits per heavy atom. The smallest absolute Gasteiger partial charge is 0.0469 e. The van der Waals surface area contributed by atoms with Crippen molar-refractivity contribution >= 4 is 0 Å². The van der Waals surface area contributed by atoms with Crippen LogP contribution in [0.2, 0.25) is 0 Å². The van der Waals surface area contributed by atoms with E-state index in [0.29, 0.717) is 0 Å². The summed E-state index contributed by atoms with van der Waals surface area (Å²) >= 11 is 0. The highest BCUT2D eigenvalue weighted by atomic mass is 16.5. The van der Waals surface area contributed by atoms with Crippen molar-refractivity contribution in [1.29, 1.82) is 0 Å². The van der Waals surface area contributed by atoms with Gasteiger partial charge in [0.15, 0.2) is 0 Å². The van der Waals surface area contributed by atoms with Crippen LogP contribution >= 0.6 is 0 Å². The Morgan fingerprint density at radius 2 is 1.94 bits per heavy atom. The topological polar surface area (TPSA) is 24.5 Å². The lowest BCUT2D eigenvalue weighted by molar-refractivity contribution is 0.0530. The van der Waals surface area contributed by atoms with Gasteiger partial charge < -0.3 is 15.0 Å². The van der Waals surface area contributed by atoms with Gasteiger partial charge in [-0.1, -0.05) is 13.8 Å². The van der Waals surface area contributed by atoms with E-state index in [1.165, 1.54) is 25.9 Å². The summed E-state index contributed by atoms with van der Waals surface area (Å²) in [4.78, 5) is 2.51. The first-order valence-corrected chi connectivity index (χ1v) is 7.04. The number of nitrogens with zero attached hydrogens (tertiary/aromatic N) is 1.